The quantitative estimate of drug-likeness (QED) is 0.513. The lowest BCUT2D eigenvalue weighted by molar-refractivity contribution is -0.130. The van der Waals surface area contributed by atoms with E-state index in [1.807, 2.05) is 6.07 Å². The Hall–Kier alpha value is -4.54. The summed E-state index contributed by atoms with van der Waals surface area (Å²) in [5, 5.41) is 16.6. The first-order valence-corrected chi connectivity index (χ1v) is 11.1. The number of aromatic amines is 1. The van der Waals surface area contributed by atoms with Crippen LogP contribution in [-0.2, 0) is 11.3 Å². The molecular weight excluding hydrogens is 468 g/mol. The maximum atomic E-state index is 12.8. The maximum absolute atomic E-state index is 12.8. The molecule has 188 valence electrons. The molecule has 1 atom stereocenters. The summed E-state index contributed by atoms with van der Waals surface area (Å²) >= 11 is 0. The molecule has 0 spiro atoms. The lowest BCUT2D eigenvalue weighted by Gasteiger charge is -2.24. The summed E-state index contributed by atoms with van der Waals surface area (Å²) in [5.74, 6) is 0.201. The molecule has 0 saturated heterocycles. The molecule has 0 aliphatic carbocycles. The van der Waals surface area contributed by atoms with Crippen LogP contribution in [0.1, 0.15) is 36.1 Å². The van der Waals surface area contributed by atoms with Gasteiger partial charge in [-0.3, -0.25) is 19.1 Å². The second-order valence-corrected chi connectivity index (χ2v) is 8.08. The molecule has 1 amide bonds. The van der Waals surface area contributed by atoms with Crippen LogP contribution >= 0.6 is 0 Å². The minimum absolute atomic E-state index is 0.0337. The highest BCUT2D eigenvalue weighted by atomic mass is 16.5. The van der Waals surface area contributed by atoms with E-state index in [1.54, 1.807) is 36.4 Å². The molecule has 4 rings (SSSR count). The van der Waals surface area contributed by atoms with E-state index in [9.17, 15) is 19.5 Å². The number of hydrogen-bond acceptors (Lipinski definition) is 8. The van der Waals surface area contributed by atoms with Crippen LogP contribution in [0.3, 0.4) is 0 Å². The Morgan fingerprint density at radius 1 is 1.06 bits per heavy atom. The number of carbonyl (C=O) groups excluding carboxylic acids is 1. The second kappa shape index (κ2) is 9.98. The highest BCUT2D eigenvalue weighted by molar-refractivity contribution is 6.04. The van der Waals surface area contributed by atoms with Crippen LogP contribution in [0.4, 0.5) is 0 Å². The second-order valence-electron chi connectivity index (χ2n) is 8.08. The number of nitrogens with zero attached hydrogens (tertiary/aromatic N) is 3. The summed E-state index contributed by atoms with van der Waals surface area (Å²) in [6.07, 6.45) is 0.0750. The SMILES string of the molecule is COc1ccc([C@H]2CC(c3c(O)n(Cc4ccccc4)c(=O)[nH]c3=O)=NN2C(C)=O)c(OC)c1OC. The maximum Gasteiger partial charge on any atom is 0.331 e. The van der Waals surface area contributed by atoms with Crippen molar-refractivity contribution in [2.75, 3.05) is 21.3 Å². The normalized spacial score (nSPS) is 14.9. The van der Waals surface area contributed by atoms with E-state index in [0.717, 1.165) is 10.1 Å². The van der Waals surface area contributed by atoms with E-state index in [-0.39, 0.29) is 30.1 Å². The van der Waals surface area contributed by atoms with Crippen LogP contribution < -0.4 is 25.5 Å². The molecule has 3 aromatic rings. The number of nitrogens with one attached hydrogen (secondary N) is 1. The molecule has 1 aliphatic heterocycles. The van der Waals surface area contributed by atoms with Gasteiger partial charge in [0.1, 0.15) is 5.56 Å². The van der Waals surface area contributed by atoms with Gasteiger partial charge in [-0.25, -0.2) is 9.80 Å². The molecule has 1 aliphatic rings. The monoisotopic (exact) mass is 494 g/mol. The molecule has 0 radical (unpaired) electrons. The summed E-state index contributed by atoms with van der Waals surface area (Å²) in [5.41, 5.74) is -0.280. The van der Waals surface area contributed by atoms with E-state index in [4.69, 9.17) is 14.2 Å². The van der Waals surface area contributed by atoms with Crippen molar-refractivity contribution in [2.45, 2.75) is 25.9 Å². The molecular formula is C25H26N4O7. The number of benzene rings is 2. The van der Waals surface area contributed by atoms with Crippen molar-refractivity contribution in [2.24, 2.45) is 5.10 Å². The Kier molecular flexibility index (Phi) is 6.82. The Morgan fingerprint density at radius 2 is 1.75 bits per heavy atom. The van der Waals surface area contributed by atoms with Crippen molar-refractivity contribution < 1.29 is 24.1 Å². The number of carbonyl (C=O) groups is 1. The van der Waals surface area contributed by atoms with Crippen LogP contribution in [0, 0.1) is 0 Å². The van der Waals surface area contributed by atoms with Crippen LogP contribution in [0.2, 0.25) is 0 Å². The van der Waals surface area contributed by atoms with E-state index in [1.165, 1.54) is 33.3 Å². The lowest BCUT2D eigenvalue weighted by atomic mass is 9.97. The van der Waals surface area contributed by atoms with Crippen molar-refractivity contribution in [3.63, 3.8) is 0 Å². The molecule has 0 saturated carbocycles. The molecule has 1 aromatic heterocycles. The average molecular weight is 495 g/mol. The van der Waals surface area contributed by atoms with E-state index >= 15 is 0 Å². The fourth-order valence-corrected chi connectivity index (χ4v) is 4.31. The summed E-state index contributed by atoms with van der Waals surface area (Å²) in [6, 6.07) is 11.8. The summed E-state index contributed by atoms with van der Waals surface area (Å²) in [4.78, 5) is 40.1. The van der Waals surface area contributed by atoms with E-state index in [0.29, 0.717) is 22.8 Å². The van der Waals surface area contributed by atoms with Crippen LogP contribution in [0.5, 0.6) is 23.1 Å². The molecule has 11 heteroatoms. The van der Waals surface area contributed by atoms with Gasteiger partial charge in [-0.1, -0.05) is 30.3 Å². The van der Waals surface area contributed by atoms with Crippen molar-refractivity contribution in [1.29, 1.82) is 0 Å². The Bertz CT molecular complexity index is 1440. The van der Waals surface area contributed by atoms with E-state index < -0.39 is 23.2 Å². The average Bonchev–Trinajstić information content (AvgIpc) is 3.31. The largest absolute Gasteiger partial charge is 0.494 e. The Labute approximate surface area is 206 Å². The zero-order valence-corrected chi connectivity index (χ0v) is 20.3. The van der Waals surface area contributed by atoms with Gasteiger partial charge in [-0.05, 0) is 17.7 Å². The van der Waals surface area contributed by atoms with Gasteiger partial charge in [0.15, 0.2) is 11.5 Å². The third-order valence-electron chi connectivity index (χ3n) is 5.97. The summed E-state index contributed by atoms with van der Waals surface area (Å²) in [6.45, 7) is 1.37. The summed E-state index contributed by atoms with van der Waals surface area (Å²) in [7, 11) is 4.43. The van der Waals surface area contributed by atoms with Gasteiger partial charge in [0.05, 0.1) is 39.6 Å². The predicted molar refractivity (Wildman–Crippen MR) is 131 cm³/mol. The first-order valence-electron chi connectivity index (χ1n) is 11.1. The topological polar surface area (TPSA) is 135 Å². The number of hydrazone groups is 1. The number of methoxy groups -OCH3 is 3. The molecule has 36 heavy (non-hydrogen) atoms. The van der Waals surface area contributed by atoms with Crippen molar-refractivity contribution >= 4 is 11.6 Å². The number of aromatic hydroxyl groups is 1. The zero-order valence-electron chi connectivity index (χ0n) is 20.3. The van der Waals surface area contributed by atoms with Crippen LogP contribution in [-0.4, -0.2) is 52.6 Å². The third-order valence-corrected chi connectivity index (χ3v) is 5.97. The third kappa shape index (κ3) is 4.30. The van der Waals surface area contributed by atoms with Gasteiger partial charge < -0.3 is 19.3 Å². The molecule has 2 heterocycles. The Morgan fingerprint density at radius 3 is 2.36 bits per heavy atom. The minimum Gasteiger partial charge on any atom is -0.494 e. The molecule has 0 fully saturated rings. The number of hydrogen-bond donors (Lipinski definition) is 2. The van der Waals surface area contributed by atoms with Crippen LogP contribution in [0.15, 0.2) is 57.2 Å². The van der Waals surface area contributed by atoms with Crippen LogP contribution in [0.25, 0.3) is 0 Å². The van der Waals surface area contributed by atoms with Gasteiger partial charge in [-0.2, -0.15) is 5.10 Å². The predicted octanol–water partition coefficient (Wildman–Crippen LogP) is 2.01. The number of aromatic nitrogens is 2. The first-order chi connectivity index (χ1) is 17.3. The van der Waals surface area contributed by atoms with Crippen molar-refractivity contribution in [3.05, 3.63) is 80.0 Å². The minimum atomic E-state index is -0.802. The van der Waals surface area contributed by atoms with Gasteiger partial charge in [0.2, 0.25) is 17.5 Å². The lowest BCUT2D eigenvalue weighted by Crippen LogP contribution is -2.34. The molecule has 2 N–H and O–H groups in total. The Balaban J connectivity index is 1.81. The van der Waals surface area contributed by atoms with Gasteiger partial charge in [0.25, 0.3) is 5.56 Å². The zero-order chi connectivity index (χ0) is 26.0. The fraction of sp³-hybridized carbons (Fsp3) is 0.280. The highest BCUT2D eigenvalue weighted by Gasteiger charge is 2.37. The number of H-pyrrole nitrogens is 1. The number of ether oxygens (including phenoxy) is 3. The van der Waals surface area contributed by atoms with Crippen molar-refractivity contribution in [3.8, 4) is 23.1 Å². The molecule has 0 unspecified atom stereocenters. The van der Waals surface area contributed by atoms with Gasteiger partial charge in [0, 0.05) is 18.9 Å². The smallest absolute Gasteiger partial charge is 0.331 e. The fourth-order valence-electron chi connectivity index (χ4n) is 4.31. The number of rotatable bonds is 7. The van der Waals surface area contributed by atoms with Gasteiger partial charge >= 0.3 is 5.69 Å². The van der Waals surface area contributed by atoms with E-state index in [2.05, 4.69) is 10.1 Å². The summed E-state index contributed by atoms with van der Waals surface area (Å²) < 4.78 is 17.4. The highest BCUT2D eigenvalue weighted by Crippen LogP contribution is 2.46. The molecule has 0 bridgehead atoms. The standard InChI is InChI=1S/C25H26N4O7/c1-14(30)29-18(16-10-11-19(34-2)22(36-4)21(16)35-3)12-17(27-29)20-23(31)26-25(33)28(24(20)32)13-15-8-6-5-7-9-15/h5-11,18,32H,12-13H2,1-4H3,(H,26,31,33)/t18-/m1/s1. The first kappa shape index (κ1) is 24.6. The number of amides is 1. The molecule has 11 nitrogen and oxygen atoms in total. The van der Waals surface area contributed by atoms with Crippen molar-refractivity contribution in [1.82, 2.24) is 14.6 Å². The van der Waals surface area contributed by atoms with Gasteiger partial charge in [-0.15, -0.1) is 0 Å². The molecule has 2 aromatic carbocycles.